The summed E-state index contributed by atoms with van der Waals surface area (Å²) in [7, 11) is 0. The zero-order valence-electron chi connectivity index (χ0n) is 11.6. The van der Waals surface area contributed by atoms with Crippen molar-refractivity contribution in [3.63, 3.8) is 0 Å². The number of aryl methyl sites for hydroxylation is 1. The summed E-state index contributed by atoms with van der Waals surface area (Å²) in [6.45, 7) is 3.54. The molecule has 3 rings (SSSR count). The van der Waals surface area contributed by atoms with Crippen molar-refractivity contribution in [2.24, 2.45) is 0 Å². The van der Waals surface area contributed by atoms with E-state index in [2.05, 4.69) is 17.2 Å². The Bertz CT molecular complexity index is 804. The maximum Gasteiger partial charge on any atom is 0.333 e. The first-order chi connectivity index (χ1) is 9.99. The van der Waals surface area contributed by atoms with E-state index in [1.54, 1.807) is 18.3 Å². The third kappa shape index (κ3) is 2.15. The Morgan fingerprint density at radius 1 is 1.43 bits per heavy atom. The molecule has 2 heterocycles. The molecule has 0 bridgehead atoms. The lowest BCUT2D eigenvalue weighted by atomic mass is 10.2. The van der Waals surface area contributed by atoms with Crippen molar-refractivity contribution in [3.05, 3.63) is 51.0 Å². The van der Waals surface area contributed by atoms with E-state index >= 15 is 0 Å². The molecule has 21 heavy (non-hydrogen) atoms. The number of nitrogens with two attached hydrogens (primary N) is 1. The summed E-state index contributed by atoms with van der Waals surface area (Å²) < 4.78 is 2.70. The summed E-state index contributed by atoms with van der Waals surface area (Å²) in [4.78, 5) is 11.6. The van der Waals surface area contributed by atoms with Crippen LogP contribution in [-0.2, 0) is 0 Å². The Hall–Kier alpha value is -2.41. The number of aromatic nitrogens is 2. The Labute approximate surface area is 125 Å². The number of benzene rings is 1. The van der Waals surface area contributed by atoms with Crippen LogP contribution >= 0.6 is 11.3 Å². The summed E-state index contributed by atoms with van der Waals surface area (Å²) in [5.41, 5.74) is 6.13. The second-order valence-corrected chi connectivity index (χ2v) is 6.00. The van der Waals surface area contributed by atoms with Gasteiger partial charge in [-0.05, 0) is 31.4 Å². The van der Waals surface area contributed by atoms with Crippen LogP contribution in [0.15, 0.2) is 30.3 Å². The average Bonchev–Trinajstić information content (AvgIpc) is 2.99. The van der Waals surface area contributed by atoms with Crippen molar-refractivity contribution >= 4 is 32.9 Å². The van der Waals surface area contributed by atoms with E-state index in [1.165, 1.54) is 9.38 Å². The van der Waals surface area contributed by atoms with Gasteiger partial charge in [-0.25, -0.2) is 4.68 Å². The molecule has 0 saturated heterocycles. The summed E-state index contributed by atoms with van der Waals surface area (Å²) in [5, 5.41) is 16.4. The van der Waals surface area contributed by atoms with E-state index in [0.717, 1.165) is 10.3 Å². The van der Waals surface area contributed by atoms with Gasteiger partial charge in [0.15, 0.2) is 0 Å². The number of anilines is 1. The molecule has 1 aromatic carbocycles. The molecule has 7 heteroatoms. The molecule has 0 amide bonds. The van der Waals surface area contributed by atoms with Crippen LogP contribution in [0.1, 0.15) is 23.5 Å². The number of hydrogen-bond donors (Lipinski definition) is 1. The van der Waals surface area contributed by atoms with Crippen LogP contribution in [-0.4, -0.2) is 14.7 Å². The number of nitrogens with zero attached hydrogens (tertiary/aromatic N) is 3. The van der Waals surface area contributed by atoms with Crippen molar-refractivity contribution < 1.29 is 4.92 Å². The molecule has 0 fully saturated rings. The molecular formula is C14H14N4O2S. The fourth-order valence-electron chi connectivity index (χ4n) is 2.41. The fraction of sp³-hybridized carbons (Fsp3) is 0.214. The first-order valence-corrected chi connectivity index (χ1v) is 7.28. The van der Waals surface area contributed by atoms with Crippen LogP contribution in [0, 0.1) is 17.0 Å². The number of thiophene rings is 1. The van der Waals surface area contributed by atoms with Gasteiger partial charge in [0.2, 0.25) is 5.82 Å². The minimum absolute atomic E-state index is 0.0995. The zero-order valence-corrected chi connectivity index (χ0v) is 12.4. The van der Waals surface area contributed by atoms with Crippen molar-refractivity contribution in [1.29, 1.82) is 0 Å². The molecule has 2 aromatic heterocycles. The minimum atomic E-state index is -0.480. The van der Waals surface area contributed by atoms with E-state index in [-0.39, 0.29) is 17.5 Å². The fourth-order valence-corrected chi connectivity index (χ4v) is 3.51. The molecule has 0 spiro atoms. The van der Waals surface area contributed by atoms with Gasteiger partial charge in [0.05, 0.1) is 11.0 Å². The number of nitrogen functional groups attached to an aromatic ring is 1. The maximum atomic E-state index is 11.0. The van der Waals surface area contributed by atoms with E-state index in [4.69, 9.17) is 5.73 Å². The predicted octanol–water partition coefficient (Wildman–Crippen LogP) is 3.51. The molecule has 0 aliphatic heterocycles. The van der Waals surface area contributed by atoms with Crippen molar-refractivity contribution in [3.8, 4) is 0 Å². The second kappa shape index (κ2) is 4.85. The predicted molar refractivity (Wildman–Crippen MR) is 83.7 cm³/mol. The highest BCUT2D eigenvalue weighted by molar-refractivity contribution is 7.19. The van der Waals surface area contributed by atoms with E-state index in [1.807, 2.05) is 25.1 Å². The van der Waals surface area contributed by atoms with Gasteiger partial charge >= 0.3 is 5.69 Å². The normalized spacial score (nSPS) is 12.7. The van der Waals surface area contributed by atoms with E-state index < -0.39 is 4.92 Å². The third-order valence-electron chi connectivity index (χ3n) is 3.50. The monoisotopic (exact) mass is 302 g/mol. The van der Waals surface area contributed by atoms with Gasteiger partial charge < -0.3 is 5.73 Å². The standard InChI is InChI=1S/C14H14N4O2S/c1-8-13(18(19)20)14(15)17(16-8)9(2)12-7-10-5-3-4-6-11(10)21-12/h3-7,9H,15H2,1-2H3. The number of rotatable bonds is 3. The largest absolute Gasteiger partial charge is 0.378 e. The summed E-state index contributed by atoms with van der Waals surface area (Å²) in [5.74, 6) is 0.0995. The van der Waals surface area contributed by atoms with Crippen LogP contribution < -0.4 is 5.73 Å². The minimum Gasteiger partial charge on any atom is -0.378 e. The highest BCUT2D eigenvalue weighted by atomic mass is 32.1. The average molecular weight is 302 g/mol. The van der Waals surface area contributed by atoms with E-state index in [9.17, 15) is 10.1 Å². The van der Waals surface area contributed by atoms with Gasteiger partial charge in [-0.2, -0.15) is 5.10 Å². The molecule has 0 aliphatic rings. The molecule has 108 valence electrons. The maximum absolute atomic E-state index is 11.0. The van der Waals surface area contributed by atoms with Gasteiger partial charge in [0.1, 0.15) is 5.69 Å². The van der Waals surface area contributed by atoms with Gasteiger partial charge in [-0.15, -0.1) is 11.3 Å². The number of fused-ring (bicyclic) bond motifs is 1. The van der Waals surface area contributed by atoms with Gasteiger partial charge in [-0.1, -0.05) is 18.2 Å². The topological polar surface area (TPSA) is 87.0 Å². The summed E-state index contributed by atoms with van der Waals surface area (Å²) in [6.07, 6.45) is 0. The lowest BCUT2D eigenvalue weighted by Crippen LogP contribution is -2.10. The van der Waals surface area contributed by atoms with Gasteiger partial charge in [0, 0.05) is 9.58 Å². The number of hydrogen-bond acceptors (Lipinski definition) is 5. The number of nitro groups is 1. The Morgan fingerprint density at radius 2 is 2.14 bits per heavy atom. The van der Waals surface area contributed by atoms with Gasteiger partial charge in [0.25, 0.3) is 0 Å². The molecule has 6 nitrogen and oxygen atoms in total. The zero-order chi connectivity index (χ0) is 15.1. The molecular weight excluding hydrogens is 288 g/mol. The van der Waals surface area contributed by atoms with Crippen LogP contribution in [0.5, 0.6) is 0 Å². The molecule has 0 radical (unpaired) electrons. The summed E-state index contributed by atoms with van der Waals surface area (Å²) >= 11 is 1.65. The molecule has 1 unspecified atom stereocenters. The smallest absolute Gasteiger partial charge is 0.333 e. The first kappa shape index (κ1) is 13.6. The van der Waals surface area contributed by atoms with Crippen molar-refractivity contribution in [2.75, 3.05) is 5.73 Å². The quantitative estimate of drug-likeness (QED) is 0.592. The molecule has 3 aromatic rings. The van der Waals surface area contributed by atoms with E-state index in [0.29, 0.717) is 5.69 Å². The molecule has 0 saturated carbocycles. The molecule has 1 atom stereocenters. The van der Waals surface area contributed by atoms with Crippen LogP contribution in [0.3, 0.4) is 0 Å². The second-order valence-electron chi connectivity index (χ2n) is 4.88. The molecule has 2 N–H and O–H groups in total. The summed E-state index contributed by atoms with van der Waals surface area (Å²) in [6, 6.07) is 10.0. The Morgan fingerprint density at radius 3 is 2.76 bits per heavy atom. The third-order valence-corrected chi connectivity index (χ3v) is 4.78. The molecule has 0 aliphatic carbocycles. The van der Waals surface area contributed by atoms with Crippen molar-refractivity contribution in [2.45, 2.75) is 19.9 Å². The van der Waals surface area contributed by atoms with Crippen LogP contribution in [0.4, 0.5) is 11.5 Å². The highest BCUT2D eigenvalue weighted by Crippen LogP contribution is 2.35. The van der Waals surface area contributed by atoms with Crippen molar-refractivity contribution in [1.82, 2.24) is 9.78 Å². The lowest BCUT2D eigenvalue weighted by Gasteiger charge is -2.11. The van der Waals surface area contributed by atoms with Gasteiger partial charge in [-0.3, -0.25) is 10.1 Å². The highest BCUT2D eigenvalue weighted by Gasteiger charge is 2.26. The van der Waals surface area contributed by atoms with Crippen LogP contribution in [0.25, 0.3) is 10.1 Å². The first-order valence-electron chi connectivity index (χ1n) is 6.46. The van der Waals surface area contributed by atoms with Crippen LogP contribution in [0.2, 0.25) is 0 Å². The lowest BCUT2D eigenvalue weighted by molar-refractivity contribution is -0.384. The SMILES string of the molecule is Cc1nn(C(C)c2cc3ccccc3s2)c(N)c1[N+](=O)[O-]. The Balaban J connectivity index is 2.08. The Kier molecular flexibility index (Phi) is 3.13.